The molecule has 0 N–H and O–H groups in total. The van der Waals surface area contributed by atoms with Crippen LogP contribution in [0.2, 0.25) is 0 Å². The van der Waals surface area contributed by atoms with Crippen LogP contribution in [-0.4, -0.2) is 28.6 Å². The lowest BCUT2D eigenvalue weighted by molar-refractivity contribution is 0.559. The normalized spacial score (nSPS) is 13.5. The van der Waals surface area contributed by atoms with Crippen molar-refractivity contribution in [3.63, 3.8) is 0 Å². The van der Waals surface area contributed by atoms with E-state index >= 15 is 0 Å². The Morgan fingerprint density at radius 2 is 1.88 bits per heavy atom. The predicted octanol–water partition coefficient (Wildman–Crippen LogP) is 0.745. The van der Waals surface area contributed by atoms with Gasteiger partial charge in [0.25, 0.3) is 5.16 Å². The van der Waals surface area contributed by atoms with E-state index in [-0.39, 0.29) is 5.16 Å². The molecule has 1 aromatic heterocycles. The predicted molar refractivity (Wildman–Crippen MR) is 60.8 cm³/mol. The minimum Gasteiger partial charge on any atom is -0.220 e. The molecule has 6 nitrogen and oxygen atoms in total. The number of rotatable bonds is 3. The molecule has 0 aliphatic heterocycles. The first-order valence-corrected chi connectivity index (χ1v) is 6.59. The lowest BCUT2D eigenvalue weighted by Crippen LogP contribution is -2.15. The van der Waals surface area contributed by atoms with Crippen LogP contribution in [0.25, 0.3) is 0 Å². The van der Waals surface area contributed by atoms with Gasteiger partial charge in [-0.25, -0.2) is 13.1 Å². The second kappa shape index (κ2) is 4.25. The Morgan fingerprint density at radius 3 is 2.41 bits per heavy atom. The third-order valence-electron chi connectivity index (χ3n) is 2.57. The lowest BCUT2D eigenvalue weighted by Gasteiger charge is -2.11. The topological polar surface area (TPSA) is 77.7 Å². The van der Waals surface area contributed by atoms with Crippen molar-refractivity contribution in [3.8, 4) is 0 Å². The molecule has 0 fully saturated rings. The summed E-state index contributed by atoms with van der Waals surface area (Å²) < 4.78 is 25.7. The van der Waals surface area contributed by atoms with Gasteiger partial charge in [-0.2, -0.15) is 0 Å². The van der Waals surface area contributed by atoms with Gasteiger partial charge < -0.3 is 0 Å². The van der Waals surface area contributed by atoms with Gasteiger partial charge in [0.2, 0.25) is 9.84 Å². The van der Waals surface area contributed by atoms with Crippen LogP contribution < -0.4 is 0 Å². The van der Waals surface area contributed by atoms with Gasteiger partial charge in [0.15, 0.2) is 0 Å². The molecule has 0 amide bonds. The summed E-state index contributed by atoms with van der Waals surface area (Å²) in [5.41, 5.74) is 0.718. The second-order valence-electron chi connectivity index (χ2n) is 3.68. The van der Waals surface area contributed by atoms with E-state index < -0.39 is 15.1 Å². The Bertz CT molecular complexity index is 606. The molecule has 0 radical (unpaired) electrons. The van der Waals surface area contributed by atoms with E-state index in [4.69, 9.17) is 0 Å². The average molecular weight is 252 g/mol. The molecular weight excluding hydrogens is 240 g/mol. The summed E-state index contributed by atoms with van der Waals surface area (Å²) in [4.78, 5) is 0. The van der Waals surface area contributed by atoms with Crippen molar-refractivity contribution >= 4 is 9.84 Å². The van der Waals surface area contributed by atoms with Gasteiger partial charge in [-0.3, -0.25) is 0 Å². The summed E-state index contributed by atoms with van der Waals surface area (Å²) in [6.45, 7) is 1.62. The van der Waals surface area contributed by atoms with Crippen LogP contribution in [0.3, 0.4) is 0 Å². The van der Waals surface area contributed by atoms with Crippen molar-refractivity contribution in [3.05, 3.63) is 35.9 Å². The molecule has 0 saturated carbocycles. The maximum Gasteiger partial charge on any atom is 0.268 e. The van der Waals surface area contributed by atoms with Crippen molar-refractivity contribution in [1.29, 1.82) is 0 Å². The van der Waals surface area contributed by atoms with Crippen LogP contribution in [-0.2, 0) is 16.9 Å². The van der Waals surface area contributed by atoms with Crippen molar-refractivity contribution in [2.45, 2.75) is 17.3 Å². The van der Waals surface area contributed by atoms with Crippen LogP contribution in [0.1, 0.15) is 17.7 Å². The molecule has 1 heterocycles. The number of hydrogen-bond acceptors (Lipinski definition) is 5. The molecule has 17 heavy (non-hydrogen) atoms. The summed E-state index contributed by atoms with van der Waals surface area (Å²) >= 11 is 0. The number of nitrogens with zero attached hydrogens (tertiary/aromatic N) is 4. The van der Waals surface area contributed by atoms with Crippen molar-refractivity contribution < 1.29 is 8.42 Å². The monoisotopic (exact) mass is 252 g/mol. The molecule has 0 spiro atoms. The molecule has 0 bridgehead atoms. The van der Waals surface area contributed by atoms with Gasteiger partial charge >= 0.3 is 0 Å². The fraction of sp³-hybridized carbons (Fsp3) is 0.300. The summed E-state index contributed by atoms with van der Waals surface area (Å²) in [7, 11) is -2.05. The fourth-order valence-corrected chi connectivity index (χ4v) is 2.91. The highest BCUT2D eigenvalue weighted by Gasteiger charge is 2.29. The Labute approximate surface area is 99.2 Å². The van der Waals surface area contributed by atoms with Gasteiger partial charge in [0.05, 0.1) is 5.25 Å². The highest BCUT2D eigenvalue weighted by atomic mass is 32.2. The quantitative estimate of drug-likeness (QED) is 0.805. The van der Waals surface area contributed by atoms with Crippen LogP contribution in [0, 0.1) is 0 Å². The van der Waals surface area contributed by atoms with Crippen molar-refractivity contribution in [2.75, 3.05) is 0 Å². The summed E-state index contributed by atoms with van der Waals surface area (Å²) in [6.07, 6.45) is 0. The Balaban J connectivity index is 2.45. The molecule has 2 rings (SSSR count). The molecule has 7 heteroatoms. The maximum atomic E-state index is 12.3. The molecule has 0 saturated heterocycles. The Morgan fingerprint density at radius 1 is 1.24 bits per heavy atom. The molecule has 0 aliphatic rings. The number of tetrazole rings is 1. The second-order valence-corrected chi connectivity index (χ2v) is 5.85. The molecule has 0 aliphatic carbocycles. The van der Waals surface area contributed by atoms with E-state index in [1.807, 2.05) is 6.07 Å². The molecule has 1 aromatic carbocycles. The van der Waals surface area contributed by atoms with Gasteiger partial charge in [0.1, 0.15) is 0 Å². The zero-order chi connectivity index (χ0) is 12.5. The van der Waals surface area contributed by atoms with E-state index in [0.29, 0.717) is 0 Å². The van der Waals surface area contributed by atoms with E-state index in [2.05, 4.69) is 15.5 Å². The number of aromatic nitrogens is 4. The van der Waals surface area contributed by atoms with E-state index in [1.54, 1.807) is 31.2 Å². The summed E-state index contributed by atoms with van der Waals surface area (Å²) in [6, 6.07) is 8.98. The molecule has 2 aromatic rings. The van der Waals surface area contributed by atoms with E-state index in [0.717, 1.165) is 10.2 Å². The first-order chi connectivity index (χ1) is 8.03. The van der Waals surface area contributed by atoms with Gasteiger partial charge in [-0.1, -0.05) is 35.4 Å². The zero-order valence-corrected chi connectivity index (χ0v) is 10.3. The smallest absolute Gasteiger partial charge is 0.220 e. The van der Waals surface area contributed by atoms with Gasteiger partial charge in [-0.15, -0.1) is 0 Å². The summed E-state index contributed by atoms with van der Waals surface area (Å²) in [5, 5.41) is 9.64. The average Bonchev–Trinajstić information content (AvgIpc) is 2.76. The van der Waals surface area contributed by atoms with Crippen LogP contribution >= 0.6 is 0 Å². The SMILES string of the molecule is CC(c1ccccc1)S(=O)(=O)c1nnnn1C. The minimum absolute atomic E-state index is 0.117. The minimum atomic E-state index is -3.55. The van der Waals surface area contributed by atoms with Gasteiger partial charge in [-0.05, 0) is 22.9 Å². The van der Waals surface area contributed by atoms with Crippen molar-refractivity contribution in [2.24, 2.45) is 7.05 Å². The third-order valence-corrected chi connectivity index (χ3v) is 4.63. The fourth-order valence-electron chi connectivity index (χ4n) is 1.52. The Kier molecular flexibility index (Phi) is 2.93. The lowest BCUT2D eigenvalue weighted by atomic mass is 10.2. The van der Waals surface area contributed by atoms with Crippen LogP contribution in [0.15, 0.2) is 35.5 Å². The van der Waals surface area contributed by atoms with E-state index in [1.165, 1.54) is 7.05 Å². The number of hydrogen-bond donors (Lipinski definition) is 0. The molecular formula is C10H12N4O2S. The largest absolute Gasteiger partial charge is 0.268 e. The molecule has 90 valence electrons. The summed E-state index contributed by atoms with van der Waals surface area (Å²) in [5.74, 6) is 0. The van der Waals surface area contributed by atoms with Crippen LogP contribution in [0.4, 0.5) is 0 Å². The Hall–Kier alpha value is -1.76. The standard InChI is InChI=1S/C10H12N4O2S/c1-8(9-6-4-3-5-7-9)17(15,16)10-11-12-13-14(10)2/h3-8H,1-2H3. The highest BCUT2D eigenvalue weighted by Crippen LogP contribution is 2.26. The van der Waals surface area contributed by atoms with Crippen LogP contribution in [0.5, 0.6) is 0 Å². The zero-order valence-electron chi connectivity index (χ0n) is 9.48. The maximum absolute atomic E-state index is 12.3. The van der Waals surface area contributed by atoms with E-state index in [9.17, 15) is 8.42 Å². The molecule has 1 unspecified atom stereocenters. The third kappa shape index (κ3) is 2.05. The van der Waals surface area contributed by atoms with Crippen molar-refractivity contribution in [1.82, 2.24) is 20.2 Å². The van der Waals surface area contributed by atoms with Gasteiger partial charge in [0, 0.05) is 7.05 Å². The number of aryl methyl sites for hydroxylation is 1. The number of sulfone groups is 1. The first kappa shape index (κ1) is 11.7. The number of benzene rings is 1. The highest BCUT2D eigenvalue weighted by molar-refractivity contribution is 7.91. The molecule has 1 atom stereocenters. The first-order valence-electron chi connectivity index (χ1n) is 5.04.